The smallest absolute Gasteiger partial charge is 0.253 e. The maximum Gasteiger partial charge on any atom is 0.253 e. The van der Waals surface area contributed by atoms with Crippen LogP contribution in [0.3, 0.4) is 0 Å². The Kier molecular flexibility index (Phi) is 5.53. The lowest BCUT2D eigenvalue weighted by molar-refractivity contribution is 0.0950. The highest BCUT2D eigenvalue weighted by Gasteiger charge is 2.18. The molecule has 0 spiro atoms. The van der Waals surface area contributed by atoms with E-state index < -0.39 is 0 Å². The Labute approximate surface area is 148 Å². The number of nitrogens with zero attached hydrogens (tertiary/aromatic N) is 1. The average Bonchev–Trinajstić information content (AvgIpc) is 2.67. The van der Waals surface area contributed by atoms with Crippen LogP contribution in [0.25, 0.3) is 0 Å². The van der Waals surface area contributed by atoms with Gasteiger partial charge in [-0.2, -0.15) is 0 Å². The Morgan fingerprint density at radius 1 is 1.12 bits per heavy atom. The van der Waals surface area contributed by atoms with Crippen molar-refractivity contribution in [2.45, 2.75) is 44.7 Å². The van der Waals surface area contributed by atoms with Gasteiger partial charge in [0, 0.05) is 37.6 Å². The third-order valence-electron chi connectivity index (χ3n) is 4.97. The lowest BCUT2D eigenvalue weighted by Gasteiger charge is -2.33. The van der Waals surface area contributed by atoms with Gasteiger partial charge in [0.1, 0.15) is 0 Å². The van der Waals surface area contributed by atoms with E-state index in [1.54, 1.807) is 0 Å². The number of carbonyl (C=O) groups excluding carboxylic acids is 1. The van der Waals surface area contributed by atoms with Crippen molar-refractivity contribution in [1.82, 2.24) is 10.3 Å². The monoisotopic (exact) mass is 339 g/mol. The van der Waals surface area contributed by atoms with Crippen molar-refractivity contribution in [3.63, 3.8) is 0 Å². The summed E-state index contributed by atoms with van der Waals surface area (Å²) in [6.07, 6.45) is 7.98. The number of nitrogens with one attached hydrogen (secondary N) is 2. The molecule has 0 saturated heterocycles. The van der Waals surface area contributed by atoms with Gasteiger partial charge in [0.2, 0.25) is 5.56 Å². The number of aromatic nitrogens is 1. The topological polar surface area (TPSA) is 65.2 Å². The van der Waals surface area contributed by atoms with E-state index in [1.165, 1.54) is 56.1 Å². The molecule has 2 N–H and O–H groups in total. The summed E-state index contributed by atoms with van der Waals surface area (Å²) in [4.78, 5) is 28.0. The molecule has 0 unspecified atom stereocenters. The fraction of sp³-hybridized carbons (Fsp3) is 0.400. The van der Waals surface area contributed by atoms with Gasteiger partial charge in [-0.15, -0.1) is 0 Å². The van der Waals surface area contributed by atoms with Gasteiger partial charge < -0.3 is 15.2 Å². The molecule has 0 radical (unpaired) electrons. The fourth-order valence-electron chi connectivity index (χ4n) is 3.36. The molecule has 1 aromatic heterocycles. The summed E-state index contributed by atoms with van der Waals surface area (Å²) in [6.45, 7) is 0.464. The Hall–Kier alpha value is -2.56. The molecule has 2 aromatic rings. The maximum absolute atomic E-state index is 12.1. The molecule has 1 aromatic carbocycles. The van der Waals surface area contributed by atoms with Crippen LogP contribution in [0, 0.1) is 0 Å². The first-order valence-corrected chi connectivity index (χ1v) is 8.92. The van der Waals surface area contributed by atoms with Gasteiger partial charge in [-0.05, 0) is 36.6 Å². The second-order valence-corrected chi connectivity index (χ2v) is 6.69. The molecule has 1 aliphatic carbocycles. The van der Waals surface area contributed by atoms with Crippen molar-refractivity contribution in [2.24, 2.45) is 0 Å². The van der Waals surface area contributed by atoms with E-state index in [9.17, 15) is 9.59 Å². The summed E-state index contributed by atoms with van der Waals surface area (Å²) < 4.78 is 0. The number of hydrogen-bond acceptors (Lipinski definition) is 3. The molecule has 1 heterocycles. The van der Waals surface area contributed by atoms with E-state index >= 15 is 0 Å². The number of pyridine rings is 1. The Morgan fingerprint density at radius 3 is 2.48 bits per heavy atom. The van der Waals surface area contributed by atoms with Crippen LogP contribution in [0.4, 0.5) is 5.69 Å². The van der Waals surface area contributed by atoms with Crippen LogP contribution in [-0.4, -0.2) is 24.0 Å². The SMILES string of the molecule is CN(c1ccc(CNC(=O)c2ccc(=O)[nH]c2)cc1)C1CCCCC1. The first kappa shape index (κ1) is 17.3. The number of carbonyl (C=O) groups is 1. The van der Waals surface area contributed by atoms with E-state index in [1.807, 2.05) is 0 Å². The maximum atomic E-state index is 12.1. The van der Waals surface area contributed by atoms with Crippen molar-refractivity contribution in [2.75, 3.05) is 11.9 Å². The molecule has 1 saturated carbocycles. The van der Waals surface area contributed by atoms with E-state index in [4.69, 9.17) is 0 Å². The fourth-order valence-corrected chi connectivity index (χ4v) is 3.36. The second kappa shape index (κ2) is 8.01. The largest absolute Gasteiger partial charge is 0.372 e. The number of anilines is 1. The molecule has 0 bridgehead atoms. The molecule has 0 atom stereocenters. The van der Waals surface area contributed by atoms with Crippen LogP contribution in [0.1, 0.15) is 48.0 Å². The van der Waals surface area contributed by atoms with Gasteiger partial charge >= 0.3 is 0 Å². The minimum atomic E-state index is -0.214. The van der Waals surface area contributed by atoms with Crippen molar-refractivity contribution in [1.29, 1.82) is 0 Å². The zero-order valence-corrected chi connectivity index (χ0v) is 14.6. The van der Waals surface area contributed by atoms with Crippen molar-refractivity contribution in [3.05, 3.63) is 64.1 Å². The van der Waals surface area contributed by atoms with Crippen molar-refractivity contribution < 1.29 is 4.79 Å². The number of benzene rings is 1. The molecule has 25 heavy (non-hydrogen) atoms. The quantitative estimate of drug-likeness (QED) is 0.880. The zero-order chi connectivity index (χ0) is 17.6. The lowest BCUT2D eigenvalue weighted by atomic mass is 9.94. The van der Waals surface area contributed by atoms with Gasteiger partial charge in [0.15, 0.2) is 0 Å². The minimum absolute atomic E-state index is 0.195. The van der Waals surface area contributed by atoms with Crippen LogP contribution in [0.5, 0.6) is 0 Å². The molecule has 1 aliphatic rings. The third kappa shape index (κ3) is 4.50. The molecule has 1 fully saturated rings. The standard InChI is InChI=1S/C20H25N3O2/c1-23(17-5-3-2-4-6-17)18-10-7-15(8-11-18)13-22-20(25)16-9-12-19(24)21-14-16/h7-12,14,17H,2-6,13H2,1H3,(H,21,24)(H,22,25). The summed E-state index contributed by atoms with van der Waals surface area (Å²) in [5.74, 6) is -0.195. The molecule has 132 valence electrons. The Bertz CT molecular complexity index is 741. The van der Waals surface area contributed by atoms with Crippen LogP contribution < -0.4 is 15.8 Å². The first-order chi connectivity index (χ1) is 12.1. The summed E-state index contributed by atoms with van der Waals surface area (Å²) in [6, 6.07) is 11.9. The summed E-state index contributed by atoms with van der Waals surface area (Å²) in [7, 11) is 2.17. The summed E-state index contributed by atoms with van der Waals surface area (Å²) in [5, 5.41) is 2.87. The van der Waals surface area contributed by atoms with E-state index in [0.29, 0.717) is 18.2 Å². The molecular formula is C20H25N3O2. The van der Waals surface area contributed by atoms with Crippen molar-refractivity contribution in [3.8, 4) is 0 Å². The second-order valence-electron chi connectivity index (χ2n) is 6.69. The summed E-state index contributed by atoms with van der Waals surface area (Å²) in [5.41, 5.74) is 2.52. The molecule has 0 aliphatic heterocycles. The normalized spacial score (nSPS) is 14.9. The number of aromatic amines is 1. The first-order valence-electron chi connectivity index (χ1n) is 8.92. The van der Waals surface area contributed by atoms with Crippen LogP contribution in [0.15, 0.2) is 47.4 Å². The van der Waals surface area contributed by atoms with Crippen LogP contribution in [0.2, 0.25) is 0 Å². The molecular weight excluding hydrogens is 314 g/mol. The predicted molar refractivity (Wildman–Crippen MR) is 100.0 cm³/mol. The van der Waals surface area contributed by atoms with Gasteiger partial charge in [0.25, 0.3) is 5.91 Å². The number of amides is 1. The van der Waals surface area contributed by atoms with Gasteiger partial charge in [-0.25, -0.2) is 0 Å². The summed E-state index contributed by atoms with van der Waals surface area (Å²) >= 11 is 0. The highest BCUT2D eigenvalue weighted by molar-refractivity contribution is 5.93. The van der Waals surface area contributed by atoms with Gasteiger partial charge in [0.05, 0.1) is 5.56 Å². The number of H-pyrrole nitrogens is 1. The average molecular weight is 339 g/mol. The van der Waals surface area contributed by atoms with Gasteiger partial charge in [-0.3, -0.25) is 9.59 Å². The highest BCUT2D eigenvalue weighted by atomic mass is 16.1. The number of rotatable bonds is 5. The number of hydrogen-bond donors (Lipinski definition) is 2. The van der Waals surface area contributed by atoms with Crippen LogP contribution in [-0.2, 0) is 6.54 Å². The molecule has 5 heteroatoms. The Balaban J connectivity index is 1.56. The Morgan fingerprint density at radius 2 is 1.84 bits per heavy atom. The van der Waals surface area contributed by atoms with E-state index in [0.717, 1.165) is 5.56 Å². The van der Waals surface area contributed by atoms with E-state index in [2.05, 4.69) is 46.5 Å². The van der Waals surface area contributed by atoms with E-state index in [-0.39, 0.29) is 11.5 Å². The highest BCUT2D eigenvalue weighted by Crippen LogP contribution is 2.26. The zero-order valence-electron chi connectivity index (χ0n) is 14.6. The van der Waals surface area contributed by atoms with Gasteiger partial charge in [-0.1, -0.05) is 31.4 Å². The third-order valence-corrected chi connectivity index (χ3v) is 4.97. The molecule has 1 amide bonds. The molecule has 3 rings (SSSR count). The minimum Gasteiger partial charge on any atom is -0.372 e. The predicted octanol–water partition coefficient (Wildman–Crippen LogP) is 3.07. The lowest BCUT2D eigenvalue weighted by Crippen LogP contribution is -2.33. The molecule has 5 nitrogen and oxygen atoms in total. The van der Waals surface area contributed by atoms with Crippen LogP contribution >= 0.6 is 0 Å². The van der Waals surface area contributed by atoms with Crippen molar-refractivity contribution >= 4 is 11.6 Å².